The summed E-state index contributed by atoms with van der Waals surface area (Å²) in [5, 5.41) is 7.16. The fourth-order valence-corrected chi connectivity index (χ4v) is 5.57. The van der Waals surface area contributed by atoms with Gasteiger partial charge in [-0.15, -0.1) is 11.3 Å². The molecule has 0 aliphatic heterocycles. The van der Waals surface area contributed by atoms with Gasteiger partial charge in [-0.1, -0.05) is 30.7 Å². The van der Waals surface area contributed by atoms with Gasteiger partial charge >= 0.3 is 23.8 Å². The van der Waals surface area contributed by atoms with E-state index in [0.717, 1.165) is 23.3 Å². The van der Waals surface area contributed by atoms with E-state index >= 15 is 0 Å². The number of ether oxygens (including phenoxy) is 2. The first kappa shape index (κ1) is 28.0. The average Bonchev–Trinajstić information content (AvgIpc) is 3.26. The molecule has 202 valence electrons. The van der Waals surface area contributed by atoms with Gasteiger partial charge in [-0.05, 0) is 74.1 Å². The van der Waals surface area contributed by atoms with E-state index in [1.54, 1.807) is 43.3 Å². The number of carbonyl (C=O) groups excluding carboxylic acids is 4. The number of halogens is 1. The predicted octanol–water partition coefficient (Wildman–Crippen LogP) is 5.01. The van der Waals surface area contributed by atoms with Gasteiger partial charge < -0.3 is 14.8 Å². The maximum Gasteiger partial charge on any atom is 0.343 e. The van der Waals surface area contributed by atoms with Gasteiger partial charge in [0.2, 0.25) is 0 Å². The van der Waals surface area contributed by atoms with Crippen molar-refractivity contribution >= 4 is 57.9 Å². The molecule has 4 rings (SSSR count). The molecule has 1 heterocycles. The molecule has 1 aliphatic carbocycles. The number of amides is 2. The summed E-state index contributed by atoms with van der Waals surface area (Å²) in [4.78, 5) is 51.2. The number of hydrogen-bond donors (Lipinski definition) is 2. The molecule has 2 aromatic carbocycles. The molecule has 0 fully saturated rings. The number of hydrogen-bond acceptors (Lipinski definition) is 8. The highest BCUT2D eigenvalue weighted by atomic mass is 35.5. The van der Waals surface area contributed by atoms with Crippen LogP contribution in [0.5, 0.6) is 5.75 Å². The van der Waals surface area contributed by atoms with Crippen molar-refractivity contribution < 1.29 is 28.7 Å². The standard InChI is InChI=1S/C28H26ClN3O6S/c1-3-37-28(36)23-20-13-8-16(2)14-22(20)39-26(23)31-24(33)25(34)32-30-15-18-6-4-5-7-21(18)38-27(35)17-9-11-19(29)12-10-17/h4-7,9-12,15-16H,3,8,13-14H2,1-2H3,(H,31,33)(H,32,34). The van der Waals surface area contributed by atoms with Crippen LogP contribution < -0.4 is 15.5 Å². The molecule has 0 bridgehead atoms. The second-order valence-electron chi connectivity index (χ2n) is 8.86. The second-order valence-corrected chi connectivity index (χ2v) is 10.4. The molecular formula is C28H26ClN3O6S. The van der Waals surface area contributed by atoms with E-state index in [9.17, 15) is 19.2 Å². The van der Waals surface area contributed by atoms with Crippen molar-refractivity contribution in [1.29, 1.82) is 0 Å². The topological polar surface area (TPSA) is 123 Å². The molecule has 9 nitrogen and oxygen atoms in total. The molecule has 11 heteroatoms. The summed E-state index contributed by atoms with van der Waals surface area (Å²) in [6.07, 6.45) is 3.68. The third-order valence-electron chi connectivity index (χ3n) is 6.00. The molecule has 0 spiro atoms. The Morgan fingerprint density at radius 3 is 2.56 bits per heavy atom. The minimum absolute atomic E-state index is 0.193. The van der Waals surface area contributed by atoms with Crippen molar-refractivity contribution in [1.82, 2.24) is 5.43 Å². The van der Waals surface area contributed by atoms with E-state index in [1.807, 2.05) is 0 Å². The molecule has 0 saturated carbocycles. The fourth-order valence-electron chi connectivity index (χ4n) is 4.05. The van der Waals surface area contributed by atoms with Crippen molar-refractivity contribution in [3.05, 3.63) is 80.7 Å². The zero-order chi connectivity index (χ0) is 27.9. The number of anilines is 1. The molecule has 1 aromatic heterocycles. The number of esters is 2. The average molecular weight is 568 g/mol. The van der Waals surface area contributed by atoms with Crippen molar-refractivity contribution in [2.24, 2.45) is 11.0 Å². The van der Waals surface area contributed by atoms with Crippen LogP contribution in [0.1, 0.15) is 57.0 Å². The van der Waals surface area contributed by atoms with Crippen LogP contribution >= 0.6 is 22.9 Å². The van der Waals surface area contributed by atoms with Crippen LogP contribution in [-0.4, -0.2) is 36.6 Å². The molecule has 1 unspecified atom stereocenters. The normalized spacial score (nSPS) is 14.4. The predicted molar refractivity (Wildman–Crippen MR) is 149 cm³/mol. The maximum atomic E-state index is 12.6. The van der Waals surface area contributed by atoms with Crippen molar-refractivity contribution in [2.75, 3.05) is 11.9 Å². The van der Waals surface area contributed by atoms with Gasteiger partial charge in [0.25, 0.3) is 0 Å². The first-order chi connectivity index (χ1) is 18.8. The molecule has 0 radical (unpaired) electrons. The molecule has 2 N–H and O–H groups in total. The Morgan fingerprint density at radius 1 is 1.08 bits per heavy atom. The number of hydrazone groups is 1. The van der Waals surface area contributed by atoms with Crippen LogP contribution in [-0.2, 0) is 27.2 Å². The first-order valence-electron chi connectivity index (χ1n) is 12.3. The number of fused-ring (bicyclic) bond motifs is 1. The maximum absolute atomic E-state index is 12.6. The number of nitrogens with zero attached hydrogens (tertiary/aromatic N) is 1. The summed E-state index contributed by atoms with van der Waals surface area (Å²) >= 11 is 7.15. The van der Waals surface area contributed by atoms with Crippen LogP contribution in [0, 0.1) is 5.92 Å². The Labute approximate surface area is 234 Å². The highest BCUT2D eigenvalue weighted by molar-refractivity contribution is 7.17. The van der Waals surface area contributed by atoms with E-state index in [-0.39, 0.29) is 17.4 Å². The third-order valence-corrected chi connectivity index (χ3v) is 7.42. The summed E-state index contributed by atoms with van der Waals surface area (Å²) in [5.74, 6) is -2.47. The monoisotopic (exact) mass is 567 g/mol. The summed E-state index contributed by atoms with van der Waals surface area (Å²) in [6.45, 7) is 4.03. The third kappa shape index (κ3) is 6.90. The van der Waals surface area contributed by atoms with Gasteiger partial charge in [-0.2, -0.15) is 5.10 Å². The minimum Gasteiger partial charge on any atom is -0.462 e. The zero-order valence-electron chi connectivity index (χ0n) is 21.3. The van der Waals surface area contributed by atoms with E-state index in [4.69, 9.17) is 21.1 Å². The van der Waals surface area contributed by atoms with Crippen LogP contribution in [0.4, 0.5) is 5.00 Å². The molecule has 2 amide bonds. The SMILES string of the molecule is CCOC(=O)c1c(NC(=O)C(=O)NN=Cc2ccccc2OC(=O)c2ccc(Cl)cc2)sc2c1CCC(C)C2. The number of carbonyl (C=O) groups is 4. The lowest BCUT2D eigenvalue weighted by molar-refractivity contribution is -0.136. The molecule has 1 atom stereocenters. The number of thiophene rings is 1. The number of nitrogens with one attached hydrogen (secondary N) is 2. The fraction of sp³-hybridized carbons (Fsp3) is 0.250. The van der Waals surface area contributed by atoms with Crippen LogP contribution in [0.15, 0.2) is 53.6 Å². The van der Waals surface area contributed by atoms with Gasteiger partial charge in [0.1, 0.15) is 10.8 Å². The number of para-hydroxylation sites is 1. The van der Waals surface area contributed by atoms with Crippen LogP contribution in [0.3, 0.4) is 0 Å². The highest BCUT2D eigenvalue weighted by Gasteiger charge is 2.30. The smallest absolute Gasteiger partial charge is 0.343 e. The summed E-state index contributed by atoms with van der Waals surface area (Å²) in [6, 6.07) is 12.8. The molecular weight excluding hydrogens is 542 g/mol. The van der Waals surface area contributed by atoms with E-state index in [0.29, 0.717) is 34.1 Å². The molecule has 39 heavy (non-hydrogen) atoms. The Bertz CT molecular complexity index is 1430. The lowest BCUT2D eigenvalue weighted by Crippen LogP contribution is -2.32. The summed E-state index contributed by atoms with van der Waals surface area (Å²) < 4.78 is 10.6. The zero-order valence-corrected chi connectivity index (χ0v) is 22.9. The summed E-state index contributed by atoms with van der Waals surface area (Å²) in [7, 11) is 0. The lowest BCUT2D eigenvalue weighted by atomic mass is 9.88. The van der Waals surface area contributed by atoms with E-state index < -0.39 is 23.8 Å². The molecule has 3 aromatic rings. The Kier molecular flexibility index (Phi) is 9.11. The number of rotatable bonds is 7. The highest BCUT2D eigenvalue weighted by Crippen LogP contribution is 2.40. The van der Waals surface area contributed by atoms with Crippen molar-refractivity contribution in [2.45, 2.75) is 33.1 Å². The van der Waals surface area contributed by atoms with Crippen molar-refractivity contribution in [3.63, 3.8) is 0 Å². The summed E-state index contributed by atoms with van der Waals surface area (Å²) in [5.41, 5.74) is 4.05. The van der Waals surface area contributed by atoms with E-state index in [1.165, 1.54) is 29.7 Å². The largest absolute Gasteiger partial charge is 0.462 e. The van der Waals surface area contributed by atoms with Gasteiger partial charge in [0.15, 0.2) is 0 Å². The molecule has 0 saturated heterocycles. The van der Waals surface area contributed by atoms with Crippen LogP contribution in [0.2, 0.25) is 5.02 Å². The quantitative estimate of drug-likeness (QED) is 0.136. The Morgan fingerprint density at radius 2 is 1.82 bits per heavy atom. The minimum atomic E-state index is -1.03. The first-order valence-corrected chi connectivity index (χ1v) is 13.5. The van der Waals surface area contributed by atoms with Crippen LogP contribution in [0.25, 0.3) is 0 Å². The van der Waals surface area contributed by atoms with Crippen molar-refractivity contribution in [3.8, 4) is 5.75 Å². The molecule has 1 aliphatic rings. The lowest BCUT2D eigenvalue weighted by Gasteiger charge is -2.18. The Hall–Kier alpha value is -4.02. The second kappa shape index (κ2) is 12.7. The van der Waals surface area contributed by atoms with Gasteiger partial charge in [0, 0.05) is 15.5 Å². The Balaban J connectivity index is 1.42. The van der Waals surface area contributed by atoms with Gasteiger partial charge in [-0.3, -0.25) is 9.59 Å². The van der Waals surface area contributed by atoms with Gasteiger partial charge in [-0.25, -0.2) is 15.0 Å². The van der Waals surface area contributed by atoms with E-state index in [2.05, 4.69) is 22.8 Å². The number of benzene rings is 2. The van der Waals surface area contributed by atoms with Gasteiger partial charge in [0.05, 0.1) is 23.9 Å².